The molecule has 0 saturated carbocycles. The van der Waals surface area contributed by atoms with Crippen molar-refractivity contribution in [2.45, 2.75) is 6.54 Å². The SMILES string of the molecule is COc1ccc(CNc2ccnc3c(-c4ccc(O)c(OC)c4)cnn23)cc1. The molecule has 2 N–H and O–H groups in total. The Morgan fingerprint density at radius 2 is 1.86 bits per heavy atom. The second-order valence-corrected chi connectivity index (χ2v) is 6.21. The minimum atomic E-state index is 0.0949. The first kappa shape index (κ1) is 17.7. The summed E-state index contributed by atoms with van der Waals surface area (Å²) >= 11 is 0. The van der Waals surface area contributed by atoms with Crippen molar-refractivity contribution in [2.24, 2.45) is 0 Å². The second-order valence-electron chi connectivity index (χ2n) is 6.21. The first-order chi connectivity index (χ1) is 13.7. The maximum absolute atomic E-state index is 9.82. The van der Waals surface area contributed by atoms with Gasteiger partial charge in [-0.3, -0.25) is 0 Å². The molecule has 2 heterocycles. The lowest BCUT2D eigenvalue weighted by atomic mass is 10.1. The van der Waals surface area contributed by atoms with E-state index in [9.17, 15) is 5.11 Å². The molecular weight excluding hydrogens is 356 g/mol. The van der Waals surface area contributed by atoms with Gasteiger partial charge in [0.2, 0.25) is 0 Å². The fraction of sp³-hybridized carbons (Fsp3) is 0.143. The van der Waals surface area contributed by atoms with Gasteiger partial charge in [0.1, 0.15) is 11.6 Å². The Morgan fingerprint density at radius 3 is 2.61 bits per heavy atom. The van der Waals surface area contributed by atoms with Crippen LogP contribution in [-0.2, 0) is 6.54 Å². The fourth-order valence-electron chi connectivity index (χ4n) is 3.01. The number of phenolic OH excluding ortho intramolecular Hbond substituents is 1. The average molecular weight is 376 g/mol. The van der Waals surface area contributed by atoms with Gasteiger partial charge in [-0.2, -0.15) is 9.61 Å². The van der Waals surface area contributed by atoms with Gasteiger partial charge >= 0.3 is 0 Å². The van der Waals surface area contributed by atoms with Crippen LogP contribution < -0.4 is 14.8 Å². The topological polar surface area (TPSA) is 80.9 Å². The number of hydrogen-bond donors (Lipinski definition) is 2. The van der Waals surface area contributed by atoms with Crippen molar-refractivity contribution in [2.75, 3.05) is 19.5 Å². The number of aromatic nitrogens is 3. The van der Waals surface area contributed by atoms with Crippen LogP contribution in [0.15, 0.2) is 60.9 Å². The summed E-state index contributed by atoms with van der Waals surface area (Å²) in [7, 11) is 3.17. The van der Waals surface area contributed by atoms with Gasteiger partial charge in [-0.15, -0.1) is 0 Å². The summed E-state index contributed by atoms with van der Waals surface area (Å²) in [6.45, 7) is 0.644. The van der Waals surface area contributed by atoms with E-state index in [2.05, 4.69) is 15.4 Å². The number of anilines is 1. The molecule has 0 aliphatic carbocycles. The molecule has 0 aliphatic rings. The molecule has 4 aromatic rings. The van der Waals surface area contributed by atoms with Gasteiger partial charge in [0.25, 0.3) is 0 Å². The Kier molecular flexibility index (Phi) is 4.72. The van der Waals surface area contributed by atoms with Gasteiger partial charge in [0.05, 0.1) is 20.4 Å². The first-order valence-corrected chi connectivity index (χ1v) is 8.76. The molecule has 0 unspecified atom stereocenters. The van der Waals surface area contributed by atoms with Gasteiger partial charge in [-0.05, 0) is 41.5 Å². The van der Waals surface area contributed by atoms with Crippen molar-refractivity contribution in [1.29, 1.82) is 0 Å². The van der Waals surface area contributed by atoms with Crippen molar-refractivity contribution in [1.82, 2.24) is 14.6 Å². The predicted octanol–water partition coefficient (Wildman–Crippen LogP) is 3.73. The molecule has 0 aliphatic heterocycles. The standard InChI is InChI=1S/C21H20N4O3/c1-27-16-6-3-14(4-7-16)12-23-20-9-10-22-21-17(13-24-25(20)21)15-5-8-18(26)19(11-15)28-2/h3-11,13,23,26H,12H2,1-2H3. The highest BCUT2D eigenvalue weighted by Crippen LogP contribution is 2.33. The molecular formula is C21H20N4O3. The predicted molar refractivity (Wildman–Crippen MR) is 107 cm³/mol. The molecule has 4 rings (SSSR count). The molecule has 0 radical (unpaired) electrons. The Morgan fingerprint density at radius 1 is 1.04 bits per heavy atom. The number of nitrogens with zero attached hydrogens (tertiary/aromatic N) is 3. The lowest BCUT2D eigenvalue weighted by molar-refractivity contribution is 0.373. The number of hydrogen-bond acceptors (Lipinski definition) is 6. The lowest BCUT2D eigenvalue weighted by Crippen LogP contribution is -2.05. The molecule has 0 bridgehead atoms. The highest BCUT2D eigenvalue weighted by molar-refractivity contribution is 5.79. The number of rotatable bonds is 6. The largest absolute Gasteiger partial charge is 0.504 e. The Hall–Kier alpha value is -3.74. The van der Waals surface area contributed by atoms with Crippen molar-refractivity contribution >= 4 is 11.5 Å². The Labute approximate surface area is 162 Å². The van der Waals surface area contributed by atoms with Gasteiger partial charge in [0.15, 0.2) is 17.1 Å². The van der Waals surface area contributed by atoms with E-state index < -0.39 is 0 Å². The van der Waals surface area contributed by atoms with Crippen molar-refractivity contribution in [3.63, 3.8) is 0 Å². The molecule has 0 fully saturated rings. The zero-order chi connectivity index (χ0) is 19.5. The van der Waals surface area contributed by atoms with E-state index in [0.29, 0.717) is 17.9 Å². The first-order valence-electron chi connectivity index (χ1n) is 8.76. The van der Waals surface area contributed by atoms with Gasteiger partial charge in [-0.1, -0.05) is 18.2 Å². The van der Waals surface area contributed by atoms with Crippen LogP contribution in [0.5, 0.6) is 17.2 Å². The average Bonchev–Trinajstić information content (AvgIpc) is 3.18. The van der Waals surface area contributed by atoms with Crippen LogP contribution in [0.2, 0.25) is 0 Å². The van der Waals surface area contributed by atoms with Crippen LogP contribution in [0.3, 0.4) is 0 Å². The van der Waals surface area contributed by atoms with Crippen molar-refractivity contribution in [3.05, 3.63) is 66.5 Å². The summed E-state index contributed by atoms with van der Waals surface area (Å²) in [5, 5.41) is 17.7. The van der Waals surface area contributed by atoms with E-state index in [-0.39, 0.29) is 5.75 Å². The van der Waals surface area contributed by atoms with Gasteiger partial charge in [-0.25, -0.2) is 4.98 Å². The maximum Gasteiger partial charge on any atom is 0.165 e. The summed E-state index contributed by atoms with van der Waals surface area (Å²) in [5.41, 5.74) is 3.56. The third-order valence-corrected chi connectivity index (χ3v) is 4.52. The number of methoxy groups -OCH3 is 2. The van der Waals surface area contributed by atoms with Crippen molar-refractivity contribution < 1.29 is 14.6 Å². The molecule has 7 heteroatoms. The van der Waals surface area contributed by atoms with E-state index in [1.54, 1.807) is 36.2 Å². The quantitative estimate of drug-likeness (QED) is 0.534. The second kappa shape index (κ2) is 7.48. The molecule has 0 spiro atoms. The molecule has 0 atom stereocenters. The molecule has 142 valence electrons. The number of fused-ring (bicyclic) bond motifs is 1. The number of nitrogens with one attached hydrogen (secondary N) is 1. The van der Waals surface area contributed by atoms with E-state index in [1.807, 2.05) is 36.4 Å². The zero-order valence-corrected chi connectivity index (χ0v) is 15.6. The van der Waals surface area contributed by atoms with E-state index in [1.165, 1.54) is 7.11 Å². The fourth-order valence-corrected chi connectivity index (χ4v) is 3.01. The number of benzene rings is 2. The molecule has 0 saturated heterocycles. The van der Waals surface area contributed by atoms with Crippen LogP contribution in [0, 0.1) is 0 Å². The Bertz CT molecular complexity index is 1110. The van der Waals surface area contributed by atoms with Gasteiger partial charge in [0, 0.05) is 18.3 Å². The highest BCUT2D eigenvalue weighted by Gasteiger charge is 2.12. The highest BCUT2D eigenvalue weighted by atomic mass is 16.5. The molecule has 0 amide bonds. The summed E-state index contributed by atoms with van der Waals surface area (Å²) in [5.74, 6) is 2.16. The minimum absolute atomic E-state index is 0.0949. The normalized spacial score (nSPS) is 10.8. The van der Waals surface area contributed by atoms with E-state index in [0.717, 1.165) is 28.3 Å². The summed E-state index contributed by atoms with van der Waals surface area (Å²) in [4.78, 5) is 4.47. The van der Waals surface area contributed by atoms with Crippen molar-refractivity contribution in [3.8, 4) is 28.4 Å². The third kappa shape index (κ3) is 3.29. The lowest BCUT2D eigenvalue weighted by Gasteiger charge is -2.09. The van der Waals surface area contributed by atoms with Gasteiger partial charge < -0.3 is 19.9 Å². The van der Waals surface area contributed by atoms with Crippen LogP contribution >= 0.6 is 0 Å². The van der Waals surface area contributed by atoms with Crippen LogP contribution in [0.4, 0.5) is 5.82 Å². The van der Waals surface area contributed by atoms with Crippen LogP contribution in [0.25, 0.3) is 16.8 Å². The molecule has 2 aromatic carbocycles. The molecule has 7 nitrogen and oxygen atoms in total. The maximum atomic E-state index is 9.82. The van der Waals surface area contributed by atoms with Crippen LogP contribution in [-0.4, -0.2) is 33.9 Å². The third-order valence-electron chi connectivity index (χ3n) is 4.52. The summed E-state index contributed by atoms with van der Waals surface area (Å²) < 4.78 is 12.2. The minimum Gasteiger partial charge on any atom is -0.504 e. The molecule has 28 heavy (non-hydrogen) atoms. The van der Waals surface area contributed by atoms with Crippen LogP contribution in [0.1, 0.15) is 5.56 Å². The van der Waals surface area contributed by atoms with E-state index in [4.69, 9.17) is 9.47 Å². The van der Waals surface area contributed by atoms with E-state index >= 15 is 0 Å². The number of phenols is 1. The Balaban J connectivity index is 1.63. The smallest absolute Gasteiger partial charge is 0.165 e. The summed E-state index contributed by atoms with van der Waals surface area (Å²) in [6.07, 6.45) is 3.50. The monoisotopic (exact) mass is 376 g/mol. The number of ether oxygens (including phenoxy) is 2. The number of aromatic hydroxyl groups is 1. The summed E-state index contributed by atoms with van der Waals surface area (Å²) in [6, 6.07) is 15.0. The zero-order valence-electron chi connectivity index (χ0n) is 15.6. The molecule has 2 aromatic heterocycles.